The van der Waals surface area contributed by atoms with Gasteiger partial charge in [-0.15, -0.1) is 0 Å². The molecule has 2 atom stereocenters. The van der Waals surface area contributed by atoms with Gasteiger partial charge in [0.1, 0.15) is 5.69 Å². The van der Waals surface area contributed by atoms with Crippen molar-refractivity contribution >= 4 is 17.3 Å². The van der Waals surface area contributed by atoms with Gasteiger partial charge in [-0.3, -0.25) is 4.79 Å². The van der Waals surface area contributed by atoms with E-state index >= 15 is 0 Å². The first kappa shape index (κ1) is 15.0. The molecule has 2 aliphatic heterocycles. The van der Waals surface area contributed by atoms with Crippen LogP contribution in [0.5, 0.6) is 5.88 Å². The zero-order valence-electron chi connectivity index (χ0n) is 13.4. The molecule has 0 bridgehead atoms. The Morgan fingerprint density at radius 3 is 2.96 bits per heavy atom. The predicted octanol–water partition coefficient (Wildman–Crippen LogP) is 2.38. The normalized spacial score (nSPS) is 23.2. The second-order valence-electron chi connectivity index (χ2n) is 6.11. The first-order chi connectivity index (χ1) is 11.7. The van der Waals surface area contributed by atoms with Crippen molar-refractivity contribution in [3.8, 4) is 5.88 Å². The molecule has 3 heterocycles. The van der Waals surface area contributed by atoms with E-state index in [1.165, 1.54) is 5.56 Å². The van der Waals surface area contributed by atoms with Gasteiger partial charge in [0.05, 0.1) is 30.6 Å². The fourth-order valence-electron chi connectivity index (χ4n) is 3.16. The predicted molar refractivity (Wildman–Crippen MR) is 90.3 cm³/mol. The number of hydrogen-bond acceptors (Lipinski definition) is 5. The molecule has 6 heteroatoms. The Morgan fingerprint density at radius 1 is 1.29 bits per heavy atom. The van der Waals surface area contributed by atoms with Crippen molar-refractivity contribution in [2.75, 3.05) is 30.0 Å². The topological polar surface area (TPSA) is 63.7 Å². The average Bonchev–Trinajstić information content (AvgIpc) is 2.61. The summed E-state index contributed by atoms with van der Waals surface area (Å²) >= 11 is 0. The number of carbonyl (C=O) groups excluding carboxylic acids is 1. The van der Waals surface area contributed by atoms with E-state index in [4.69, 9.17) is 9.47 Å². The molecule has 6 nitrogen and oxygen atoms in total. The van der Waals surface area contributed by atoms with Gasteiger partial charge in [0.25, 0.3) is 5.91 Å². The molecule has 1 N–H and O–H groups in total. The van der Waals surface area contributed by atoms with Crippen molar-refractivity contribution < 1.29 is 14.3 Å². The van der Waals surface area contributed by atoms with Crippen LogP contribution in [0, 0.1) is 0 Å². The van der Waals surface area contributed by atoms with Crippen LogP contribution in [0.2, 0.25) is 0 Å². The summed E-state index contributed by atoms with van der Waals surface area (Å²) in [6, 6.07) is 12.3. The van der Waals surface area contributed by atoms with Crippen molar-refractivity contribution in [3.05, 3.63) is 48.2 Å². The molecule has 2 unspecified atom stereocenters. The van der Waals surface area contributed by atoms with Crippen LogP contribution in [0.25, 0.3) is 0 Å². The van der Waals surface area contributed by atoms with Gasteiger partial charge in [-0.2, -0.15) is 0 Å². The number of amides is 1. The molecule has 0 radical (unpaired) electrons. The largest absolute Gasteiger partial charge is 0.466 e. The van der Waals surface area contributed by atoms with Crippen molar-refractivity contribution in [2.45, 2.75) is 19.1 Å². The summed E-state index contributed by atoms with van der Waals surface area (Å²) < 4.78 is 11.2. The number of morpholine rings is 1. The van der Waals surface area contributed by atoms with Gasteiger partial charge in [0.2, 0.25) is 5.88 Å². The van der Waals surface area contributed by atoms with E-state index in [1.807, 2.05) is 24.3 Å². The van der Waals surface area contributed by atoms with E-state index in [0.29, 0.717) is 18.2 Å². The van der Waals surface area contributed by atoms with E-state index in [9.17, 15) is 4.79 Å². The molecular weight excluding hydrogens is 306 g/mol. The SMILES string of the molecule is CC1CN(c2cnc3c(c2)NC(=O)CO3)C(c2ccccc2)CO1. The molecule has 2 aromatic rings. The van der Waals surface area contributed by atoms with Gasteiger partial charge in [-0.05, 0) is 18.6 Å². The third-order valence-corrected chi connectivity index (χ3v) is 4.34. The molecule has 1 fully saturated rings. The van der Waals surface area contributed by atoms with Gasteiger partial charge >= 0.3 is 0 Å². The standard InChI is InChI=1S/C18H19N3O3/c1-12-9-21(16(10-23-12)13-5-3-2-4-6-13)14-7-15-18(19-8-14)24-11-17(22)20-15/h2-8,12,16H,9-11H2,1H3,(H,20,22). The molecule has 0 saturated carbocycles. The number of carbonyl (C=O) groups is 1. The highest BCUT2D eigenvalue weighted by Crippen LogP contribution is 2.35. The molecule has 1 amide bonds. The number of hydrogen-bond donors (Lipinski definition) is 1. The number of rotatable bonds is 2. The van der Waals surface area contributed by atoms with E-state index in [0.717, 1.165) is 12.2 Å². The van der Waals surface area contributed by atoms with Crippen LogP contribution in [0.15, 0.2) is 42.6 Å². The van der Waals surface area contributed by atoms with Gasteiger partial charge in [0.15, 0.2) is 6.61 Å². The lowest BCUT2D eigenvalue weighted by Gasteiger charge is -2.40. The number of ether oxygens (including phenoxy) is 2. The summed E-state index contributed by atoms with van der Waals surface area (Å²) in [7, 11) is 0. The summed E-state index contributed by atoms with van der Waals surface area (Å²) in [5, 5.41) is 2.82. The molecule has 2 aliphatic rings. The first-order valence-electron chi connectivity index (χ1n) is 8.06. The van der Waals surface area contributed by atoms with Gasteiger partial charge in [0, 0.05) is 6.54 Å². The lowest BCUT2D eigenvalue weighted by Crippen LogP contribution is -2.44. The van der Waals surface area contributed by atoms with E-state index in [-0.39, 0.29) is 24.7 Å². The maximum Gasteiger partial charge on any atom is 0.262 e. The lowest BCUT2D eigenvalue weighted by atomic mass is 10.0. The fraction of sp³-hybridized carbons (Fsp3) is 0.333. The summed E-state index contributed by atoms with van der Waals surface area (Å²) in [6.45, 7) is 3.45. The highest BCUT2D eigenvalue weighted by atomic mass is 16.5. The highest BCUT2D eigenvalue weighted by Gasteiger charge is 2.29. The maximum absolute atomic E-state index is 11.6. The lowest BCUT2D eigenvalue weighted by molar-refractivity contribution is -0.118. The Kier molecular flexibility index (Phi) is 3.82. The molecule has 124 valence electrons. The molecule has 0 spiro atoms. The van der Waals surface area contributed by atoms with Gasteiger partial charge < -0.3 is 19.7 Å². The zero-order valence-corrected chi connectivity index (χ0v) is 13.4. The monoisotopic (exact) mass is 325 g/mol. The van der Waals surface area contributed by atoms with E-state index in [1.54, 1.807) is 6.20 Å². The molecular formula is C18H19N3O3. The van der Waals surface area contributed by atoms with Crippen LogP contribution in [0.4, 0.5) is 11.4 Å². The minimum Gasteiger partial charge on any atom is -0.466 e. The number of nitrogens with zero attached hydrogens (tertiary/aromatic N) is 2. The Labute approximate surface area is 140 Å². The summed E-state index contributed by atoms with van der Waals surface area (Å²) in [5.74, 6) is 0.312. The van der Waals surface area contributed by atoms with Crippen LogP contribution < -0.4 is 15.0 Å². The third kappa shape index (κ3) is 2.80. The minimum absolute atomic E-state index is 0.0145. The smallest absolute Gasteiger partial charge is 0.262 e. The van der Waals surface area contributed by atoms with Gasteiger partial charge in [-0.1, -0.05) is 30.3 Å². The Bertz CT molecular complexity index is 750. The number of aromatic nitrogens is 1. The number of benzene rings is 1. The average molecular weight is 325 g/mol. The van der Waals surface area contributed by atoms with Crippen LogP contribution >= 0.6 is 0 Å². The van der Waals surface area contributed by atoms with Gasteiger partial charge in [-0.25, -0.2) is 4.98 Å². The highest BCUT2D eigenvalue weighted by molar-refractivity contribution is 5.95. The second kappa shape index (κ2) is 6.13. The summed E-state index contributed by atoms with van der Waals surface area (Å²) in [5.41, 5.74) is 2.76. The first-order valence-corrected chi connectivity index (χ1v) is 8.06. The molecule has 4 rings (SSSR count). The minimum atomic E-state index is -0.156. The maximum atomic E-state index is 11.6. The molecule has 1 saturated heterocycles. The van der Waals surface area contributed by atoms with Crippen LogP contribution in [-0.4, -0.2) is 36.8 Å². The Balaban J connectivity index is 1.69. The van der Waals surface area contributed by atoms with Crippen molar-refractivity contribution in [2.24, 2.45) is 0 Å². The molecule has 24 heavy (non-hydrogen) atoms. The quantitative estimate of drug-likeness (QED) is 0.918. The van der Waals surface area contributed by atoms with E-state index in [2.05, 4.69) is 34.3 Å². The number of fused-ring (bicyclic) bond motifs is 1. The fourth-order valence-corrected chi connectivity index (χ4v) is 3.16. The van der Waals surface area contributed by atoms with Crippen LogP contribution in [-0.2, 0) is 9.53 Å². The summed E-state index contributed by atoms with van der Waals surface area (Å²) in [4.78, 5) is 18.2. The number of nitrogens with one attached hydrogen (secondary N) is 1. The van der Waals surface area contributed by atoms with Crippen molar-refractivity contribution in [3.63, 3.8) is 0 Å². The third-order valence-electron chi connectivity index (χ3n) is 4.34. The number of pyridine rings is 1. The molecule has 0 aliphatic carbocycles. The van der Waals surface area contributed by atoms with Crippen LogP contribution in [0.1, 0.15) is 18.5 Å². The molecule has 1 aromatic carbocycles. The number of anilines is 2. The van der Waals surface area contributed by atoms with Crippen molar-refractivity contribution in [1.29, 1.82) is 0 Å². The van der Waals surface area contributed by atoms with Crippen molar-refractivity contribution in [1.82, 2.24) is 4.98 Å². The Morgan fingerprint density at radius 2 is 2.12 bits per heavy atom. The zero-order chi connectivity index (χ0) is 16.5. The van der Waals surface area contributed by atoms with Crippen LogP contribution in [0.3, 0.4) is 0 Å². The Hall–Kier alpha value is -2.60. The van der Waals surface area contributed by atoms with E-state index < -0.39 is 0 Å². The summed E-state index contributed by atoms with van der Waals surface area (Å²) in [6.07, 6.45) is 1.93. The second-order valence-corrected chi connectivity index (χ2v) is 6.11. The molecule has 1 aromatic heterocycles.